The number of nitriles is 1. The molecule has 4 aromatic carbocycles. The van der Waals surface area contributed by atoms with E-state index in [1.54, 1.807) is 36.4 Å². The molecule has 172 valence electrons. The lowest BCUT2D eigenvalue weighted by Crippen LogP contribution is -2.11. The molecule has 5 aromatic rings. The maximum Gasteiger partial charge on any atom is 0.339 e. The molecule has 0 radical (unpaired) electrons. The number of para-hydroxylation sites is 2. The van der Waals surface area contributed by atoms with Gasteiger partial charge in [0, 0.05) is 5.39 Å². The molecule has 1 aromatic heterocycles. The number of H-pyrrole nitrogens is 1. The largest absolute Gasteiger partial charge is 0.493 e. The minimum Gasteiger partial charge on any atom is -0.493 e. The van der Waals surface area contributed by atoms with Crippen LogP contribution in [0.15, 0.2) is 89.8 Å². The van der Waals surface area contributed by atoms with Crippen molar-refractivity contribution in [2.45, 2.75) is 4.90 Å². The quantitative estimate of drug-likeness (QED) is 0.252. The first-order valence-corrected chi connectivity index (χ1v) is 12.1. The molecule has 0 spiro atoms. The first kappa shape index (κ1) is 22.2. The Morgan fingerprint density at radius 1 is 0.971 bits per heavy atom. The standard InChI is InChI=1S/C27H19N3O4S/c1-33-25-16-18(15-20(17-28)27-29-22-10-4-5-11-23(22)30-27)13-14-24(25)34-35(31,32)26-12-6-8-19-7-2-3-9-21(19)26/h2-16H,1H3,(H,29,30)/b20-15+. The van der Waals surface area contributed by atoms with Gasteiger partial charge in [0.15, 0.2) is 11.5 Å². The molecule has 1 heterocycles. The second-order valence-electron chi connectivity index (χ2n) is 7.70. The maximum atomic E-state index is 13.1. The molecule has 7 nitrogen and oxygen atoms in total. The zero-order valence-corrected chi connectivity index (χ0v) is 19.4. The summed E-state index contributed by atoms with van der Waals surface area (Å²) in [5.74, 6) is 0.691. The molecule has 0 amide bonds. The molecule has 8 heteroatoms. The Kier molecular flexibility index (Phi) is 5.69. The normalized spacial score (nSPS) is 11.9. The van der Waals surface area contributed by atoms with Gasteiger partial charge in [-0.2, -0.15) is 13.7 Å². The molecule has 1 N–H and O–H groups in total. The molecule has 0 unspecified atom stereocenters. The summed E-state index contributed by atoms with van der Waals surface area (Å²) in [6.45, 7) is 0. The molecule has 0 aliphatic heterocycles. The highest BCUT2D eigenvalue weighted by molar-refractivity contribution is 7.87. The van der Waals surface area contributed by atoms with Crippen molar-refractivity contribution >= 4 is 43.6 Å². The summed E-state index contributed by atoms with van der Waals surface area (Å²) in [4.78, 5) is 7.67. The lowest BCUT2D eigenvalue weighted by atomic mass is 10.1. The van der Waals surface area contributed by atoms with Crippen LogP contribution in [0.3, 0.4) is 0 Å². The number of methoxy groups -OCH3 is 1. The van der Waals surface area contributed by atoms with Crippen molar-refractivity contribution in [3.63, 3.8) is 0 Å². The van der Waals surface area contributed by atoms with E-state index in [0.29, 0.717) is 22.3 Å². The summed E-state index contributed by atoms with van der Waals surface area (Å²) in [6, 6.07) is 26.6. The predicted octanol–water partition coefficient (Wildman–Crippen LogP) is 5.56. The van der Waals surface area contributed by atoms with Crippen LogP contribution in [-0.4, -0.2) is 25.5 Å². The molecular weight excluding hydrogens is 462 g/mol. The molecule has 0 saturated heterocycles. The first-order chi connectivity index (χ1) is 17.0. The number of imidazole rings is 1. The van der Waals surface area contributed by atoms with Crippen molar-refractivity contribution < 1.29 is 17.3 Å². The first-order valence-electron chi connectivity index (χ1n) is 10.7. The zero-order chi connectivity index (χ0) is 24.4. The average molecular weight is 482 g/mol. The van der Waals surface area contributed by atoms with Crippen LogP contribution in [0.1, 0.15) is 11.4 Å². The molecule has 5 rings (SSSR count). The van der Waals surface area contributed by atoms with Gasteiger partial charge in [0.05, 0.1) is 23.7 Å². The summed E-state index contributed by atoms with van der Waals surface area (Å²) >= 11 is 0. The SMILES string of the molecule is COc1cc(/C=C(\C#N)c2nc3ccccc3[nH]2)ccc1OS(=O)(=O)c1cccc2ccccc12. The van der Waals surface area contributed by atoms with Gasteiger partial charge < -0.3 is 13.9 Å². The fourth-order valence-corrected chi connectivity index (χ4v) is 4.98. The lowest BCUT2D eigenvalue weighted by Gasteiger charge is -2.13. The van der Waals surface area contributed by atoms with E-state index < -0.39 is 10.1 Å². The number of hydrogen-bond acceptors (Lipinski definition) is 6. The minimum absolute atomic E-state index is 0.0415. The lowest BCUT2D eigenvalue weighted by molar-refractivity contribution is 0.390. The van der Waals surface area contributed by atoms with E-state index in [0.717, 1.165) is 16.4 Å². The highest BCUT2D eigenvalue weighted by atomic mass is 32.2. The van der Waals surface area contributed by atoms with Gasteiger partial charge >= 0.3 is 10.1 Å². The molecule has 0 bridgehead atoms. The maximum absolute atomic E-state index is 13.1. The number of benzene rings is 4. The van der Waals surface area contributed by atoms with Crippen molar-refractivity contribution in [2.75, 3.05) is 7.11 Å². The minimum atomic E-state index is -4.13. The van der Waals surface area contributed by atoms with E-state index in [-0.39, 0.29) is 16.4 Å². The van der Waals surface area contributed by atoms with Crippen molar-refractivity contribution in [1.82, 2.24) is 9.97 Å². The highest BCUT2D eigenvalue weighted by Gasteiger charge is 2.22. The van der Waals surface area contributed by atoms with Crippen molar-refractivity contribution in [3.05, 3.63) is 96.3 Å². The van der Waals surface area contributed by atoms with E-state index in [9.17, 15) is 13.7 Å². The second-order valence-corrected chi connectivity index (χ2v) is 9.21. The van der Waals surface area contributed by atoms with Gasteiger partial charge in [-0.3, -0.25) is 0 Å². The molecule has 35 heavy (non-hydrogen) atoms. The monoisotopic (exact) mass is 481 g/mol. The molecule has 0 aliphatic rings. The Labute approximate surface area is 202 Å². The topological polar surface area (TPSA) is 105 Å². The van der Waals surface area contributed by atoms with E-state index in [1.807, 2.05) is 42.5 Å². The number of ether oxygens (including phenoxy) is 1. The molecular formula is C27H19N3O4S. The van der Waals surface area contributed by atoms with Gasteiger partial charge in [-0.25, -0.2) is 4.98 Å². The van der Waals surface area contributed by atoms with Crippen molar-refractivity contribution in [3.8, 4) is 17.6 Å². The Morgan fingerprint density at radius 2 is 1.74 bits per heavy atom. The molecule has 0 saturated carbocycles. The zero-order valence-electron chi connectivity index (χ0n) is 18.6. The Balaban J connectivity index is 1.49. The predicted molar refractivity (Wildman–Crippen MR) is 134 cm³/mol. The fourth-order valence-electron chi connectivity index (χ4n) is 3.82. The van der Waals surface area contributed by atoms with Crippen LogP contribution in [0.25, 0.3) is 33.5 Å². The fraction of sp³-hybridized carbons (Fsp3) is 0.0370. The van der Waals surface area contributed by atoms with Gasteiger partial charge in [0.1, 0.15) is 16.8 Å². The Morgan fingerprint density at radius 3 is 2.54 bits per heavy atom. The van der Waals surface area contributed by atoms with Gasteiger partial charge in [-0.1, -0.05) is 54.6 Å². The number of aromatic nitrogens is 2. The van der Waals surface area contributed by atoms with Gasteiger partial charge in [0.2, 0.25) is 0 Å². The van der Waals surface area contributed by atoms with Crippen molar-refractivity contribution in [1.29, 1.82) is 5.26 Å². The van der Waals surface area contributed by atoms with Crippen LogP contribution in [0.4, 0.5) is 0 Å². The van der Waals surface area contributed by atoms with Crippen LogP contribution in [0.2, 0.25) is 0 Å². The second kappa shape index (κ2) is 8.97. The van der Waals surface area contributed by atoms with Crippen LogP contribution >= 0.6 is 0 Å². The Bertz CT molecular complexity index is 1710. The number of allylic oxidation sites excluding steroid dienone is 1. The van der Waals surface area contributed by atoms with Gasteiger partial charge in [-0.05, 0) is 47.4 Å². The third-order valence-electron chi connectivity index (χ3n) is 5.48. The summed E-state index contributed by atoms with van der Waals surface area (Å²) in [7, 11) is -2.71. The van der Waals surface area contributed by atoms with Gasteiger partial charge in [0.25, 0.3) is 0 Å². The summed E-state index contributed by atoms with van der Waals surface area (Å²) in [6.07, 6.45) is 1.64. The summed E-state index contributed by atoms with van der Waals surface area (Å²) < 4.78 is 37.1. The van der Waals surface area contributed by atoms with Crippen molar-refractivity contribution in [2.24, 2.45) is 0 Å². The number of aromatic amines is 1. The van der Waals surface area contributed by atoms with Crippen LogP contribution in [0, 0.1) is 11.3 Å². The van der Waals surface area contributed by atoms with Crippen LogP contribution < -0.4 is 8.92 Å². The summed E-state index contributed by atoms with van der Waals surface area (Å²) in [5.41, 5.74) is 2.52. The van der Waals surface area contributed by atoms with E-state index >= 15 is 0 Å². The summed E-state index contributed by atoms with van der Waals surface area (Å²) in [5, 5.41) is 11.1. The van der Waals surface area contributed by atoms with E-state index in [2.05, 4.69) is 16.0 Å². The van der Waals surface area contributed by atoms with E-state index in [1.165, 1.54) is 19.2 Å². The number of fused-ring (bicyclic) bond motifs is 2. The smallest absolute Gasteiger partial charge is 0.339 e. The molecule has 0 atom stereocenters. The Hall–Kier alpha value is -4.61. The number of hydrogen-bond donors (Lipinski definition) is 1. The molecule has 0 fully saturated rings. The molecule has 0 aliphatic carbocycles. The van der Waals surface area contributed by atoms with Crippen LogP contribution in [0.5, 0.6) is 11.5 Å². The third-order valence-corrected chi connectivity index (χ3v) is 6.78. The third kappa shape index (κ3) is 4.33. The van der Waals surface area contributed by atoms with Gasteiger partial charge in [-0.15, -0.1) is 0 Å². The number of nitrogens with zero attached hydrogens (tertiary/aromatic N) is 2. The van der Waals surface area contributed by atoms with Crippen LogP contribution in [-0.2, 0) is 10.1 Å². The highest BCUT2D eigenvalue weighted by Crippen LogP contribution is 2.33. The number of nitrogens with one attached hydrogen (secondary N) is 1. The number of rotatable bonds is 6. The average Bonchev–Trinajstić information content (AvgIpc) is 3.31. The van der Waals surface area contributed by atoms with E-state index in [4.69, 9.17) is 8.92 Å².